The number of aryl methyl sites for hydroxylation is 1. The van der Waals surface area contributed by atoms with E-state index in [1.165, 1.54) is 6.07 Å². The SMILES string of the molecule is Cc1ccc(/C=N/Nc2ccc(C(F)(F)F)cn2)cc1. The largest absolute Gasteiger partial charge is 0.417 e. The Kier molecular flexibility index (Phi) is 4.02. The van der Waals surface area contributed by atoms with Gasteiger partial charge in [-0.15, -0.1) is 0 Å². The van der Waals surface area contributed by atoms with Crippen molar-refractivity contribution >= 4 is 12.0 Å². The van der Waals surface area contributed by atoms with E-state index >= 15 is 0 Å². The molecule has 0 unspecified atom stereocenters. The van der Waals surface area contributed by atoms with E-state index in [9.17, 15) is 13.2 Å². The van der Waals surface area contributed by atoms with Gasteiger partial charge in [0.2, 0.25) is 0 Å². The van der Waals surface area contributed by atoms with Crippen LogP contribution < -0.4 is 5.43 Å². The fourth-order valence-corrected chi connectivity index (χ4v) is 1.45. The number of benzene rings is 1. The molecule has 0 aliphatic heterocycles. The van der Waals surface area contributed by atoms with Crippen molar-refractivity contribution < 1.29 is 13.2 Å². The number of pyridine rings is 1. The van der Waals surface area contributed by atoms with Crippen LogP contribution in [0.3, 0.4) is 0 Å². The van der Waals surface area contributed by atoms with Crippen LogP contribution in [0, 0.1) is 6.92 Å². The number of anilines is 1. The number of nitrogens with one attached hydrogen (secondary N) is 1. The van der Waals surface area contributed by atoms with Gasteiger partial charge in [0.05, 0.1) is 11.8 Å². The first-order chi connectivity index (χ1) is 9.45. The molecule has 0 aliphatic carbocycles. The van der Waals surface area contributed by atoms with Crippen molar-refractivity contribution in [3.8, 4) is 0 Å². The van der Waals surface area contributed by atoms with Crippen LogP contribution in [-0.4, -0.2) is 11.2 Å². The Balaban J connectivity index is 1.99. The summed E-state index contributed by atoms with van der Waals surface area (Å²) in [7, 11) is 0. The van der Waals surface area contributed by atoms with Gasteiger partial charge in [0.1, 0.15) is 5.82 Å². The smallest absolute Gasteiger partial charge is 0.261 e. The fourth-order valence-electron chi connectivity index (χ4n) is 1.45. The second-order valence-electron chi connectivity index (χ2n) is 4.21. The zero-order valence-corrected chi connectivity index (χ0v) is 10.6. The highest BCUT2D eigenvalue weighted by Gasteiger charge is 2.30. The summed E-state index contributed by atoms with van der Waals surface area (Å²) in [6.45, 7) is 1.98. The molecule has 0 amide bonds. The maximum absolute atomic E-state index is 12.3. The first-order valence-corrected chi connectivity index (χ1v) is 5.84. The molecule has 0 fully saturated rings. The average Bonchev–Trinajstić information content (AvgIpc) is 2.41. The van der Waals surface area contributed by atoms with Crippen LogP contribution in [0.4, 0.5) is 19.0 Å². The highest BCUT2D eigenvalue weighted by atomic mass is 19.4. The number of hydrazone groups is 1. The van der Waals surface area contributed by atoms with Crippen LogP contribution >= 0.6 is 0 Å². The molecular formula is C14H12F3N3. The van der Waals surface area contributed by atoms with Crippen molar-refractivity contribution in [2.75, 3.05) is 5.43 Å². The van der Waals surface area contributed by atoms with Crippen LogP contribution in [-0.2, 0) is 6.18 Å². The van der Waals surface area contributed by atoms with Gasteiger partial charge in [-0.3, -0.25) is 5.43 Å². The quantitative estimate of drug-likeness (QED) is 0.684. The van der Waals surface area contributed by atoms with Gasteiger partial charge in [-0.25, -0.2) is 4.98 Å². The van der Waals surface area contributed by atoms with Crippen LogP contribution in [0.25, 0.3) is 0 Å². The summed E-state index contributed by atoms with van der Waals surface area (Å²) >= 11 is 0. The van der Waals surface area contributed by atoms with E-state index in [0.717, 1.165) is 23.4 Å². The third-order valence-electron chi connectivity index (χ3n) is 2.56. The average molecular weight is 279 g/mol. The Bertz CT molecular complexity index is 587. The van der Waals surface area contributed by atoms with E-state index in [4.69, 9.17) is 0 Å². The molecule has 0 aliphatic rings. The highest BCUT2D eigenvalue weighted by Crippen LogP contribution is 2.28. The second kappa shape index (κ2) is 5.73. The van der Waals surface area contributed by atoms with Crippen LogP contribution in [0.2, 0.25) is 0 Å². The number of rotatable bonds is 3. The van der Waals surface area contributed by atoms with E-state index in [1.807, 2.05) is 31.2 Å². The van der Waals surface area contributed by atoms with Crippen molar-refractivity contribution in [2.45, 2.75) is 13.1 Å². The molecule has 3 nitrogen and oxygen atoms in total. The van der Waals surface area contributed by atoms with E-state index in [2.05, 4.69) is 15.5 Å². The minimum Gasteiger partial charge on any atom is -0.261 e. The lowest BCUT2D eigenvalue weighted by Crippen LogP contribution is -2.05. The van der Waals surface area contributed by atoms with E-state index in [-0.39, 0.29) is 5.82 Å². The molecule has 0 bridgehead atoms. The predicted molar refractivity (Wildman–Crippen MR) is 71.6 cm³/mol. The van der Waals surface area contributed by atoms with Gasteiger partial charge in [0.15, 0.2) is 0 Å². The molecule has 1 heterocycles. The Labute approximate surface area is 114 Å². The maximum Gasteiger partial charge on any atom is 0.417 e. The van der Waals surface area contributed by atoms with Crippen LogP contribution in [0.5, 0.6) is 0 Å². The lowest BCUT2D eigenvalue weighted by molar-refractivity contribution is -0.137. The Morgan fingerprint density at radius 3 is 2.35 bits per heavy atom. The number of alkyl halides is 3. The zero-order valence-electron chi connectivity index (χ0n) is 10.6. The topological polar surface area (TPSA) is 37.3 Å². The molecule has 2 aromatic rings. The number of hydrogen-bond acceptors (Lipinski definition) is 3. The maximum atomic E-state index is 12.3. The molecule has 104 valence electrons. The van der Waals surface area contributed by atoms with E-state index in [1.54, 1.807) is 6.21 Å². The summed E-state index contributed by atoms with van der Waals surface area (Å²) in [6, 6.07) is 9.85. The third-order valence-corrected chi connectivity index (χ3v) is 2.56. The first kappa shape index (κ1) is 14.0. The molecular weight excluding hydrogens is 267 g/mol. The molecule has 1 aromatic heterocycles. The molecule has 0 atom stereocenters. The molecule has 6 heteroatoms. The Morgan fingerprint density at radius 1 is 1.10 bits per heavy atom. The van der Waals surface area contributed by atoms with Gasteiger partial charge in [-0.1, -0.05) is 29.8 Å². The lowest BCUT2D eigenvalue weighted by Gasteiger charge is -2.06. The summed E-state index contributed by atoms with van der Waals surface area (Å²) in [5.74, 6) is 0.251. The fraction of sp³-hybridized carbons (Fsp3) is 0.143. The van der Waals surface area contributed by atoms with Crippen molar-refractivity contribution in [1.82, 2.24) is 4.98 Å². The van der Waals surface area contributed by atoms with Crippen molar-refractivity contribution in [3.05, 3.63) is 59.3 Å². The number of nitrogens with zero attached hydrogens (tertiary/aromatic N) is 2. The van der Waals surface area contributed by atoms with Crippen molar-refractivity contribution in [1.29, 1.82) is 0 Å². The number of aromatic nitrogens is 1. The summed E-state index contributed by atoms with van der Waals surface area (Å²) in [5, 5.41) is 3.91. The molecule has 0 saturated carbocycles. The van der Waals surface area contributed by atoms with Gasteiger partial charge >= 0.3 is 6.18 Å². The monoisotopic (exact) mass is 279 g/mol. The van der Waals surface area contributed by atoms with E-state index < -0.39 is 11.7 Å². The standard InChI is InChI=1S/C14H12F3N3/c1-10-2-4-11(5-3-10)8-19-20-13-7-6-12(9-18-13)14(15,16)17/h2-9H,1H3,(H,18,20)/b19-8+. The molecule has 20 heavy (non-hydrogen) atoms. The van der Waals surface area contributed by atoms with Crippen molar-refractivity contribution in [2.24, 2.45) is 5.10 Å². The van der Waals surface area contributed by atoms with Gasteiger partial charge in [-0.05, 0) is 24.6 Å². The molecule has 0 saturated heterocycles. The molecule has 0 radical (unpaired) electrons. The molecule has 0 spiro atoms. The predicted octanol–water partition coefficient (Wildman–Crippen LogP) is 3.85. The van der Waals surface area contributed by atoms with Crippen LogP contribution in [0.15, 0.2) is 47.7 Å². The molecule has 1 N–H and O–H groups in total. The number of halogens is 3. The summed E-state index contributed by atoms with van der Waals surface area (Å²) < 4.78 is 37.0. The zero-order chi connectivity index (χ0) is 14.6. The highest BCUT2D eigenvalue weighted by molar-refractivity contribution is 5.80. The normalized spacial score (nSPS) is 11.8. The van der Waals surface area contributed by atoms with E-state index in [0.29, 0.717) is 0 Å². The summed E-state index contributed by atoms with van der Waals surface area (Å²) in [6.07, 6.45) is -2.04. The summed E-state index contributed by atoms with van der Waals surface area (Å²) in [4.78, 5) is 3.65. The second-order valence-corrected chi connectivity index (χ2v) is 4.21. The minimum atomic E-state index is -4.38. The number of hydrogen-bond donors (Lipinski definition) is 1. The Hall–Kier alpha value is -2.37. The van der Waals surface area contributed by atoms with Crippen molar-refractivity contribution in [3.63, 3.8) is 0 Å². The summed E-state index contributed by atoms with van der Waals surface area (Å²) in [5.41, 5.74) is 3.81. The van der Waals surface area contributed by atoms with Gasteiger partial charge in [-0.2, -0.15) is 18.3 Å². The van der Waals surface area contributed by atoms with Gasteiger partial charge < -0.3 is 0 Å². The molecule has 2 rings (SSSR count). The lowest BCUT2D eigenvalue weighted by atomic mass is 10.2. The minimum absolute atomic E-state index is 0.251. The Morgan fingerprint density at radius 2 is 1.80 bits per heavy atom. The first-order valence-electron chi connectivity index (χ1n) is 5.84. The van der Waals surface area contributed by atoms with Gasteiger partial charge in [0.25, 0.3) is 0 Å². The molecule has 1 aromatic carbocycles. The van der Waals surface area contributed by atoms with Crippen LogP contribution in [0.1, 0.15) is 16.7 Å². The third kappa shape index (κ3) is 3.81. The van der Waals surface area contributed by atoms with Gasteiger partial charge in [0, 0.05) is 6.20 Å².